The normalized spacial score (nSPS) is 21.4. The predicted octanol–water partition coefficient (Wildman–Crippen LogP) is 3.56. The maximum absolute atomic E-state index is 13.3. The Morgan fingerprint density at radius 3 is 2.22 bits per heavy atom. The first-order chi connectivity index (χ1) is 15.8. The second-order valence-electron chi connectivity index (χ2n) is 8.39. The molecule has 0 radical (unpaired) electrons. The van der Waals surface area contributed by atoms with Crippen LogP contribution in [0.2, 0.25) is 0 Å². The Hall–Kier alpha value is -2.90. The monoisotopic (exact) mass is 436 g/mol. The lowest BCUT2D eigenvalue weighted by Gasteiger charge is -2.27. The summed E-state index contributed by atoms with van der Waals surface area (Å²) in [4.78, 5) is 17.8. The van der Waals surface area contributed by atoms with E-state index in [9.17, 15) is 4.79 Å². The van der Waals surface area contributed by atoms with Crippen molar-refractivity contribution in [3.8, 4) is 11.5 Å². The molecule has 0 amide bonds. The molecule has 32 heavy (non-hydrogen) atoms. The average Bonchev–Trinajstić information content (AvgIpc) is 2.84. The predicted molar refractivity (Wildman–Crippen MR) is 120 cm³/mol. The molecule has 1 aromatic heterocycles. The zero-order valence-corrected chi connectivity index (χ0v) is 18.1. The summed E-state index contributed by atoms with van der Waals surface area (Å²) in [5, 5.41) is 0.516. The van der Waals surface area contributed by atoms with Crippen molar-refractivity contribution in [2.75, 3.05) is 26.4 Å². The van der Waals surface area contributed by atoms with Crippen LogP contribution in [0.5, 0.6) is 11.5 Å². The van der Waals surface area contributed by atoms with Gasteiger partial charge in [0.05, 0.1) is 37.0 Å². The molecule has 2 aliphatic heterocycles. The van der Waals surface area contributed by atoms with Crippen LogP contribution in [0.3, 0.4) is 0 Å². The molecule has 5 rings (SSSR count). The summed E-state index contributed by atoms with van der Waals surface area (Å²) in [5.74, 6) is 1.17. The first-order valence-corrected chi connectivity index (χ1v) is 11.3. The van der Waals surface area contributed by atoms with Gasteiger partial charge in [0.15, 0.2) is 11.5 Å². The minimum absolute atomic E-state index is 0.0374. The smallest absolute Gasteiger partial charge is 0.261 e. The molecule has 2 saturated heterocycles. The van der Waals surface area contributed by atoms with Gasteiger partial charge in [0.1, 0.15) is 12.2 Å². The molecule has 2 atom stereocenters. The first kappa shape index (κ1) is 21.0. The van der Waals surface area contributed by atoms with Gasteiger partial charge in [-0.25, -0.2) is 4.98 Å². The summed E-state index contributed by atoms with van der Waals surface area (Å²) in [5.41, 5.74) is 1.54. The molecule has 0 aliphatic carbocycles. The average molecular weight is 437 g/mol. The Balaban J connectivity index is 1.50. The molecule has 7 heteroatoms. The van der Waals surface area contributed by atoms with E-state index in [0.717, 1.165) is 44.5 Å². The maximum atomic E-state index is 13.3. The molecule has 0 bridgehead atoms. The molecule has 7 nitrogen and oxygen atoms in total. The number of rotatable bonds is 6. The summed E-state index contributed by atoms with van der Waals surface area (Å²) < 4.78 is 25.3. The highest BCUT2D eigenvalue weighted by Gasteiger charge is 2.22. The zero-order chi connectivity index (χ0) is 21.8. The van der Waals surface area contributed by atoms with Gasteiger partial charge in [-0.05, 0) is 37.3 Å². The van der Waals surface area contributed by atoms with Crippen molar-refractivity contribution in [1.82, 2.24) is 9.55 Å². The van der Waals surface area contributed by atoms with Crippen molar-refractivity contribution in [2.45, 2.75) is 44.4 Å². The van der Waals surface area contributed by atoms with Gasteiger partial charge < -0.3 is 18.9 Å². The van der Waals surface area contributed by atoms with Gasteiger partial charge in [-0.2, -0.15) is 0 Å². The van der Waals surface area contributed by atoms with Crippen molar-refractivity contribution in [3.05, 3.63) is 64.7 Å². The van der Waals surface area contributed by atoms with Crippen LogP contribution < -0.4 is 15.0 Å². The Morgan fingerprint density at radius 1 is 0.938 bits per heavy atom. The highest BCUT2D eigenvalue weighted by atomic mass is 16.6. The van der Waals surface area contributed by atoms with Crippen molar-refractivity contribution < 1.29 is 18.9 Å². The minimum Gasteiger partial charge on any atom is -0.484 e. The molecule has 0 saturated carbocycles. The van der Waals surface area contributed by atoms with E-state index in [1.54, 1.807) is 17.0 Å². The van der Waals surface area contributed by atoms with E-state index in [1.165, 1.54) is 0 Å². The fourth-order valence-corrected chi connectivity index (χ4v) is 4.21. The van der Waals surface area contributed by atoms with Crippen LogP contribution >= 0.6 is 0 Å². The van der Waals surface area contributed by atoms with E-state index in [4.69, 9.17) is 18.9 Å². The van der Waals surface area contributed by atoms with Crippen LogP contribution in [-0.4, -0.2) is 48.2 Å². The van der Waals surface area contributed by atoms with Crippen molar-refractivity contribution in [2.24, 2.45) is 0 Å². The number of nitrogens with zero attached hydrogens (tertiary/aromatic N) is 2. The Kier molecular flexibility index (Phi) is 6.36. The van der Waals surface area contributed by atoms with Gasteiger partial charge in [-0.3, -0.25) is 9.36 Å². The van der Waals surface area contributed by atoms with Crippen LogP contribution in [0.4, 0.5) is 0 Å². The van der Waals surface area contributed by atoms with E-state index < -0.39 is 0 Å². The quantitative estimate of drug-likeness (QED) is 0.588. The lowest BCUT2D eigenvalue weighted by atomic mass is 10.1. The van der Waals surface area contributed by atoms with Gasteiger partial charge in [0.2, 0.25) is 0 Å². The molecular formula is C25H28N2O5. The van der Waals surface area contributed by atoms with E-state index in [0.29, 0.717) is 42.2 Å². The number of ether oxygens (including phenoxy) is 4. The number of hydrogen-bond acceptors (Lipinski definition) is 6. The van der Waals surface area contributed by atoms with Crippen LogP contribution in [0.25, 0.3) is 10.9 Å². The second kappa shape index (κ2) is 9.71. The molecule has 168 valence electrons. The van der Waals surface area contributed by atoms with Crippen LogP contribution in [0.15, 0.2) is 53.6 Å². The molecule has 0 N–H and O–H groups in total. The third kappa shape index (κ3) is 4.79. The molecule has 3 heterocycles. The lowest BCUT2D eigenvalue weighted by molar-refractivity contribution is -0.00423. The van der Waals surface area contributed by atoms with Crippen molar-refractivity contribution in [3.63, 3.8) is 0 Å². The number of hydrogen-bond donors (Lipinski definition) is 0. The molecule has 2 aromatic carbocycles. The lowest BCUT2D eigenvalue weighted by Crippen LogP contribution is -2.30. The van der Waals surface area contributed by atoms with Crippen molar-refractivity contribution in [1.29, 1.82) is 0 Å². The van der Waals surface area contributed by atoms with E-state index in [2.05, 4.69) is 4.98 Å². The standard InChI is InChI=1S/C25H28N2O5/c28-25-21-12-23(31-19-8-4-10-29-15-19)24(32-20-9-5-11-30-16-20)13-22(21)26-17-27(25)14-18-6-2-1-3-7-18/h1-3,6-7,12-13,17,19-20H,4-5,8-11,14-16H2. The van der Waals surface area contributed by atoms with Gasteiger partial charge in [0.25, 0.3) is 5.56 Å². The summed E-state index contributed by atoms with van der Waals surface area (Å²) >= 11 is 0. The van der Waals surface area contributed by atoms with E-state index in [1.807, 2.05) is 36.4 Å². The van der Waals surface area contributed by atoms with Crippen molar-refractivity contribution >= 4 is 10.9 Å². The van der Waals surface area contributed by atoms with E-state index >= 15 is 0 Å². The number of benzene rings is 2. The molecule has 2 aliphatic rings. The Morgan fingerprint density at radius 2 is 1.59 bits per heavy atom. The fourth-order valence-electron chi connectivity index (χ4n) is 4.21. The van der Waals surface area contributed by atoms with Crippen LogP contribution in [0, 0.1) is 0 Å². The van der Waals surface area contributed by atoms with Gasteiger partial charge >= 0.3 is 0 Å². The van der Waals surface area contributed by atoms with Gasteiger partial charge in [-0.1, -0.05) is 30.3 Å². The SMILES string of the molecule is O=c1c2cc(OC3CCCOC3)c(OC3CCCOC3)cc2ncn1Cc1ccccc1. The third-order valence-electron chi connectivity index (χ3n) is 5.91. The number of fused-ring (bicyclic) bond motifs is 1. The zero-order valence-electron chi connectivity index (χ0n) is 18.1. The summed E-state index contributed by atoms with van der Waals surface area (Å²) in [6, 6.07) is 13.5. The highest BCUT2D eigenvalue weighted by molar-refractivity contribution is 5.81. The summed E-state index contributed by atoms with van der Waals surface area (Å²) in [6.07, 6.45) is 5.26. The van der Waals surface area contributed by atoms with E-state index in [-0.39, 0.29) is 17.8 Å². The molecule has 3 aromatic rings. The van der Waals surface area contributed by atoms with Crippen LogP contribution in [-0.2, 0) is 16.0 Å². The van der Waals surface area contributed by atoms with Crippen LogP contribution in [0.1, 0.15) is 31.2 Å². The molecule has 0 spiro atoms. The fraction of sp³-hybridized carbons (Fsp3) is 0.440. The van der Waals surface area contributed by atoms with Gasteiger partial charge in [-0.15, -0.1) is 0 Å². The summed E-state index contributed by atoms with van der Waals surface area (Å²) in [6.45, 7) is 3.08. The Bertz CT molecular complexity index is 1100. The highest BCUT2D eigenvalue weighted by Crippen LogP contribution is 2.34. The minimum atomic E-state index is -0.101. The largest absolute Gasteiger partial charge is 0.484 e. The summed E-state index contributed by atoms with van der Waals surface area (Å²) in [7, 11) is 0. The second-order valence-corrected chi connectivity index (χ2v) is 8.39. The van der Waals surface area contributed by atoms with Gasteiger partial charge in [0, 0.05) is 19.3 Å². The molecular weight excluding hydrogens is 408 g/mol. The first-order valence-electron chi connectivity index (χ1n) is 11.3. The molecule has 2 unspecified atom stereocenters. The molecule has 2 fully saturated rings. The Labute approximate surface area is 186 Å². The topological polar surface area (TPSA) is 71.8 Å². The number of aromatic nitrogens is 2. The third-order valence-corrected chi connectivity index (χ3v) is 5.91. The maximum Gasteiger partial charge on any atom is 0.261 e.